The predicted molar refractivity (Wildman–Crippen MR) is 105 cm³/mol. The van der Waals surface area contributed by atoms with Crippen LogP contribution in [0.3, 0.4) is 0 Å². The highest BCUT2D eigenvalue weighted by Crippen LogP contribution is 2.26. The Kier molecular flexibility index (Phi) is 5.46. The molecule has 2 N–H and O–H groups in total. The molecule has 6 heteroatoms. The van der Waals surface area contributed by atoms with Gasteiger partial charge in [-0.15, -0.1) is 0 Å². The van der Waals surface area contributed by atoms with Gasteiger partial charge in [-0.2, -0.15) is 5.10 Å². The molecule has 0 unspecified atom stereocenters. The van der Waals surface area contributed by atoms with Crippen molar-refractivity contribution in [3.8, 4) is 11.4 Å². The molecule has 2 atom stereocenters. The summed E-state index contributed by atoms with van der Waals surface area (Å²) >= 11 is 0. The maximum absolute atomic E-state index is 5.57. The van der Waals surface area contributed by atoms with E-state index in [4.69, 9.17) is 4.74 Å². The molecule has 140 valence electrons. The molecule has 4 rings (SSSR count). The number of ether oxygens (including phenoxy) is 1. The summed E-state index contributed by atoms with van der Waals surface area (Å²) in [6.45, 7) is 1.80. The average molecular weight is 363 g/mol. The molecule has 1 aliphatic heterocycles. The Morgan fingerprint density at radius 2 is 2.11 bits per heavy atom. The number of aromatic nitrogens is 3. The third kappa shape index (κ3) is 4.02. The number of benzene rings is 2. The lowest BCUT2D eigenvalue weighted by Crippen LogP contribution is -2.45. The molecule has 2 heterocycles. The zero-order chi connectivity index (χ0) is 18.5. The van der Waals surface area contributed by atoms with E-state index in [0.717, 1.165) is 36.5 Å². The minimum absolute atomic E-state index is 0.324. The Balaban J connectivity index is 1.52. The molecule has 0 radical (unpaired) electrons. The van der Waals surface area contributed by atoms with Crippen LogP contribution in [0.25, 0.3) is 5.69 Å². The molecule has 1 aliphatic rings. The van der Waals surface area contributed by atoms with Gasteiger partial charge in [-0.05, 0) is 43.1 Å². The summed E-state index contributed by atoms with van der Waals surface area (Å²) in [7, 11) is 1.71. The van der Waals surface area contributed by atoms with Crippen molar-refractivity contribution in [3.63, 3.8) is 0 Å². The van der Waals surface area contributed by atoms with Gasteiger partial charge in [-0.1, -0.05) is 30.3 Å². The number of methoxy groups -OCH3 is 1. The summed E-state index contributed by atoms with van der Waals surface area (Å²) in [5.74, 6) is 0.881. The Morgan fingerprint density at radius 1 is 1.22 bits per heavy atom. The Morgan fingerprint density at radius 3 is 2.89 bits per heavy atom. The van der Waals surface area contributed by atoms with E-state index < -0.39 is 0 Å². The van der Waals surface area contributed by atoms with Gasteiger partial charge in [-0.3, -0.25) is 0 Å². The van der Waals surface area contributed by atoms with Crippen molar-refractivity contribution in [2.24, 2.45) is 0 Å². The third-order valence-electron chi connectivity index (χ3n) is 5.12. The fourth-order valence-corrected chi connectivity index (χ4v) is 3.75. The maximum Gasteiger partial charge on any atom is 0.138 e. The molecular weight excluding hydrogens is 338 g/mol. The molecule has 6 nitrogen and oxygen atoms in total. The van der Waals surface area contributed by atoms with E-state index in [2.05, 4.69) is 57.1 Å². The first-order valence-corrected chi connectivity index (χ1v) is 9.39. The number of nitrogens with one attached hydrogen (secondary N) is 2. The lowest BCUT2D eigenvalue weighted by molar-refractivity contribution is 0.303. The van der Waals surface area contributed by atoms with Crippen molar-refractivity contribution in [3.05, 3.63) is 72.3 Å². The van der Waals surface area contributed by atoms with Gasteiger partial charge in [0.2, 0.25) is 0 Å². The molecule has 1 saturated heterocycles. The molecule has 0 amide bonds. The summed E-state index contributed by atoms with van der Waals surface area (Å²) in [6, 6.07) is 17.5. The van der Waals surface area contributed by atoms with E-state index in [9.17, 15) is 0 Å². The zero-order valence-corrected chi connectivity index (χ0v) is 15.5. The third-order valence-corrected chi connectivity index (χ3v) is 5.12. The fraction of sp³-hybridized carbons (Fsp3) is 0.333. The van der Waals surface area contributed by atoms with Crippen LogP contribution >= 0.6 is 0 Å². The van der Waals surface area contributed by atoms with Crippen LogP contribution in [-0.4, -0.2) is 34.5 Å². The first kappa shape index (κ1) is 17.7. The van der Waals surface area contributed by atoms with Gasteiger partial charge in [-0.25, -0.2) is 9.67 Å². The van der Waals surface area contributed by atoms with Crippen molar-refractivity contribution in [2.75, 3.05) is 13.7 Å². The Bertz CT molecular complexity index is 850. The number of hydrogen-bond acceptors (Lipinski definition) is 5. The standard InChI is InChI=1S/C21H25N5O/c1-27-20-10-9-18(26-15-22-14-25-26)12-17(20)13-24-19-8-5-11-23-21(19)16-6-3-2-4-7-16/h2-4,6-7,9-10,12,14-15,19,21,23-24H,5,8,11,13H2,1H3/t19-,21-/m0/s1. The normalized spacial score (nSPS) is 19.7. The molecule has 2 aromatic carbocycles. The topological polar surface area (TPSA) is 64.0 Å². The molecule has 27 heavy (non-hydrogen) atoms. The van der Waals surface area contributed by atoms with Crippen LogP contribution < -0.4 is 15.4 Å². The van der Waals surface area contributed by atoms with Crippen LogP contribution in [0.2, 0.25) is 0 Å². The van der Waals surface area contributed by atoms with Crippen LogP contribution in [-0.2, 0) is 6.54 Å². The monoisotopic (exact) mass is 363 g/mol. The van der Waals surface area contributed by atoms with E-state index in [0.29, 0.717) is 12.1 Å². The van der Waals surface area contributed by atoms with Crippen molar-refractivity contribution in [2.45, 2.75) is 31.5 Å². The summed E-state index contributed by atoms with van der Waals surface area (Å²) in [4.78, 5) is 4.03. The summed E-state index contributed by atoms with van der Waals surface area (Å²) < 4.78 is 7.33. The van der Waals surface area contributed by atoms with Gasteiger partial charge < -0.3 is 15.4 Å². The lowest BCUT2D eigenvalue weighted by Gasteiger charge is -2.34. The minimum atomic E-state index is 0.324. The molecule has 1 fully saturated rings. The molecule has 0 bridgehead atoms. The quantitative estimate of drug-likeness (QED) is 0.705. The average Bonchev–Trinajstić information content (AvgIpc) is 3.28. The second-order valence-corrected chi connectivity index (χ2v) is 6.81. The Hall–Kier alpha value is -2.70. The molecule has 3 aromatic rings. The van der Waals surface area contributed by atoms with Crippen LogP contribution in [0.4, 0.5) is 0 Å². The molecule has 0 spiro atoms. The highest BCUT2D eigenvalue weighted by atomic mass is 16.5. The van der Waals surface area contributed by atoms with E-state index >= 15 is 0 Å². The van der Waals surface area contributed by atoms with Gasteiger partial charge in [0.15, 0.2) is 0 Å². The van der Waals surface area contributed by atoms with Crippen LogP contribution in [0, 0.1) is 0 Å². The minimum Gasteiger partial charge on any atom is -0.496 e. The molecule has 1 aromatic heterocycles. The Labute approximate surface area is 159 Å². The second kappa shape index (κ2) is 8.33. The van der Waals surface area contributed by atoms with E-state index in [-0.39, 0.29) is 0 Å². The number of nitrogens with zero attached hydrogens (tertiary/aromatic N) is 3. The maximum atomic E-state index is 5.57. The zero-order valence-electron chi connectivity index (χ0n) is 15.5. The molecule has 0 aliphatic carbocycles. The van der Waals surface area contributed by atoms with Crippen LogP contribution in [0.15, 0.2) is 61.2 Å². The summed E-state index contributed by atoms with van der Waals surface area (Å²) in [6.07, 6.45) is 5.57. The number of piperidine rings is 1. The molecule has 0 saturated carbocycles. The van der Waals surface area contributed by atoms with Crippen molar-refractivity contribution >= 4 is 0 Å². The van der Waals surface area contributed by atoms with Crippen LogP contribution in [0.5, 0.6) is 5.75 Å². The molecular formula is C21H25N5O. The van der Waals surface area contributed by atoms with Gasteiger partial charge in [0.1, 0.15) is 18.4 Å². The highest BCUT2D eigenvalue weighted by Gasteiger charge is 2.25. The lowest BCUT2D eigenvalue weighted by atomic mass is 9.92. The van der Waals surface area contributed by atoms with E-state index in [1.165, 1.54) is 12.0 Å². The number of hydrogen-bond donors (Lipinski definition) is 2. The summed E-state index contributed by atoms with van der Waals surface area (Å²) in [5.41, 5.74) is 3.42. The van der Waals surface area contributed by atoms with E-state index in [1.54, 1.807) is 24.4 Å². The van der Waals surface area contributed by atoms with Crippen molar-refractivity contribution in [1.29, 1.82) is 0 Å². The fourth-order valence-electron chi connectivity index (χ4n) is 3.75. The van der Waals surface area contributed by atoms with Crippen molar-refractivity contribution in [1.82, 2.24) is 25.4 Å². The van der Waals surface area contributed by atoms with Gasteiger partial charge in [0, 0.05) is 24.2 Å². The first-order chi connectivity index (χ1) is 13.3. The SMILES string of the molecule is COc1ccc(-n2cncn2)cc1CN[C@H]1CCCN[C@H]1c1ccccc1. The second-order valence-electron chi connectivity index (χ2n) is 6.81. The first-order valence-electron chi connectivity index (χ1n) is 9.39. The van der Waals surface area contributed by atoms with Gasteiger partial charge >= 0.3 is 0 Å². The highest BCUT2D eigenvalue weighted by molar-refractivity contribution is 5.43. The summed E-state index contributed by atoms with van der Waals surface area (Å²) in [5, 5.41) is 11.6. The largest absolute Gasteiger partial charge is 0.496 e. The van der Waals surface area contributed by atoms with Crippen molar-refractivity contribution < 1.29 is 4.74 Å². The van der Waals surface area contributed by atoms with Crippen LogP contribution in [0.1, 0.15) is 30.0 Å². The number of rotatable bonds is 6. The smallest absolute Gasteiger partial charge is 0.138 e. The van der Waals surface area contributed by atoms with Gasteiger partial charge in [0.25, 0.3) is 0 Å². The predicted octanol–water partition coefficient (Wildman–Crippen LogP) is 2.86. The van der Waals surface area contributed by atoms with Gasteiger partial charge in [0.05, 0.1) is 12.8 Å². The van der Waals surface area contributed by atoms with E-state index in [1.807, 2.05) is 12.1 Å².